The first-order valence-electron chi connectivity index (χ1n) is 5.54. The second kappa shape index (κ2) is 6.90. The minimum absolute atomic E-state index is 0.124. The highest BCUT2D eigenvalue weighted by atomic mass is 79.9. The van der Waals surface area contributed by atoms with E-state index in [2.05, 4.69) is 15.9 Å². The van der Waals surface area contributed by atoms with Gasteiger partial charge in [-0.1, -0.05) is 28.1 Å². The Morgan fingerprint density at radius 3 is 2.67 bits per heavy atom. The molecule has 0 fully saturated rings. The van der Waals surface area contributed by atoms with Crippen molar-refractivity contribution in [2.45, 2.75) is 25.6 Å². The molecular weight excluding hydrogens is 319 g/mol. The molecule has 1 aromatic rings. The van der Waals surface area contributed by atoms with E-state index in [-0.39, 0.29) is 18.2 Å². The van der Waals surface area contributed by atoms with Crippen molar-refractivity contribution in [2.24, 2.45) is 0 Å². The smallest absolute Gasteiger partial charge is 0.310 e. The van der Waals surface area contributed by atoms with E-state index in [0.717, 1.165) is 10.0 Å². The number of esters is 1. The van der Waals surface area contributed by atoms with Gasteiger partial charge >= 0.3 is 5.97 Å². The van der Waals surface area contributed by atoms with Crippen LogP contribution in [0.3, 0.4) is 0 Å². The molecule has 1 aromatic carbocycles. The molecule has 0 bridgehead atoms. The Balaban J connectivity index is 2.94. The lowest BCUT2D eigenvalue weighted by atomic mass is 10.0. The molecule has 3 nitrogen and oxygen atoms in total. The van der Waals surface area contributed by atoms with Crippen LogP contribution in [0.15, 0.2) is 22.7 Å². The summed E-state index contributed by atoms with van der Waals surface area (Å²) in [5, 5.41) is -0.681. The number of alkyl halides is 1. The van der Waals surface area contributed by atoms with Crippen LogP contribution in [0.5, 0.6) is 0 Å². The number of halogens is 2. The molecule has 0 amide bonds. The van der Waals surface area contributed by atoms with Gasteiger partial charge in [0.05, 0.1) is 13.0 Å². The van der Waals surface area contributed by atoms with E-state index in [0.29, 0.717) is 12.2 Å². The summed E-state index contributed by atoms with van der Waals surface area (Å²) in [6.45, 7) is 3.54. The van der Waals surface area contributed by atoms with Gasteiger partial charge in [-0.3, -0.25) is 9.59 Å². The van der Waals surface area contributed by atoms with Crippen LogP contribution < -0.4 is 0 Å². The Morgan fingerprint density at radius 1 is 1.44 bits per heavy atom. The molecule has 0 saturated carbocycles. The van der Waals surface area contributed by atoms with Crippen molar-refractivity contribution in [1.29, 1.82) is 0 Å². The molecule has 0 aliphatic heterocycles. The zero-order valence-electron chi connectivity index (χ0n) is 10.2. The maximum absolute atomic E-state index is 11.4. The topological polar surface area (TPSA) is 43.4 Å². The zero-order chi connectivity index (χ0) is 13.7. The normalized spacial score (nSPS) is 12.0. The minimum Gasteiger partial charge on any atom is -0.466 e. The molecule has 1 rings (SSSR count). The molecule has 0 aliphatic carbocycles. The molecule has 0 spiro atoms. The van der Waals surface area contributed by atoms with E-state index in [1.165, 1.54) is 6.92 Å². The molecule has 1 unspecified atom stereocenters. The number of ketones is 1. The van der Waals surface area contributed by atoms with Crippen molar-refractivity contribution >= 4 is 39.3 Å². The first-order valence-corrected chi connectivity index (χ1v) is 6.77. The minimum atomic E-state index is -0.681. The highest BCUT2D eigenvalue weighted by Crippen LogP contribution is 2.26. The second-order valence-electron chi connectivity index (χ2n) is 3.81. The van der Waals surface area contributed by atoms with Crippen LogP contribution in [0.25, 0.3) is 0 Å². The van der Waals surface area contributed by atoms with E-state index < -0.39 is 5.38 Å². The number of Topliss-reactive ketones (excluding diaryl/α,β-unsaturated/α-hetero) is 1. The summed E-state index contributed by atoms with van der Waals surface area (Å²) in [5.41, 5.74) is 1.45. The second-order valence-corrected chi connectivity index (χ2v) is 5.10. The van der Waals surface area contributed by atoms with Gasteiger partial charge in [-0.25, -0.2) is 0 Å². The van der Waals surface area contributed by atoms with Gasteiger partial charge in [-0.05, 0) is 31.0 Å². The maximum atomic E-state index is 11.4. The molecule has 0 aromatic heterocycles. The fourth-order valence-corrected chi connectivity index (χ4v) is 2.01. The molecule has 0 N–H and O–H groups in total. The molecule has 0 saturated heterocycles. The van der Waals surface area contributed by atoms with Crippen LogP contribution in [-0.4, -0.2) is 18.4 Å². The first-order chi connectivity index (χ1) is 8.45. The fourth-order valence-electron chi connectivity index (χ4n) is 1.49. The predicted octanol–water partition coefficient (Wildman–Crippen LogP) is 3.42. The van der Waals surface area contributed by atoms with Crippen molar-refractivity contribution in [3.63, 3.8) is 0 Å². The third-order valence-electron chi connectivity index (χ3n) is 2.36. The van der Waals surface area contributed by atoms with E-state index in [9.17, 15) is 9.59 Å². The number of hydrogen-bond acceptors (Lipinski definition) is 3. The average Bonchev–Trinajstić information content (AvgIpc) is 2.31. The number of carbonyl (C=O) groups is 2. The van der Waals surface area contributed by atoms with Crippen molar-refractivity contribution < 1.29 is 14.3 Å². The number of ether oxygens (including phenoxy) is 1. The van der Waals surface area contributed by atoms with E-state index in [1.807, 2.05) is 0 Å². The molecule has 0 radical (unpaired) electrons. The van der Waals surface area contributed by atoms with Gasteiger partial charge in [0.25, 0.3) is 0 Å². The van der Waals surface area contributed by atoms with Crippen LogP contribution >= 0.6 is 27.5 Å². The lowest BCUT2D eigenvalue weighted by Gasteiger charge is -2.10. The van der Waals surface area contributed by atoms with Crippen LogP contribution in [0.2, 0.25) is 0 Å². The van der Waals surface area contributed by atoms with Crippen molar-refractivity contribution in [2.75, 3.05) is 6.61 Å². The summed E-state index contributed by atoms with van der Waals surface area (Å²) in [6, 6.07) is 5.29. The predicted molar refractivity (Wildman–Crippen MR) is 73.8 cm³/mol. The molecule has 0 heterocycles. The molecule has 98 valence electrons. The first kappa shape index (κ1) is 15.2. The van der Waals surface area contributed by atoms with Gasteiger partial charge in [0.15, 0.2) is 5.78 Å². The SMILES string of the molecule is CCOC(=O)Cc1cc(C(Cl)C(C)=O)ccc1Br. The third-order valence-corrected chi connectivity index (χ3v) is 3.69. The Bertz CT molecular complexity index is 460. The summed E-state index contributed by atoms with van der Waals surface area (Å²) in [4.78, 5) is 22.7. The Morgan fingerprint density at radius 2 is 2.11 bits per heavy atom. The summed E-state index contributed by atoms with van der Waals surface area (Å²) in [5.74, 6) is -0.426. The highest BCUT2D eigenvalue weighted by Gasteiger charge is 2.15. The van der Waals surface area contributed by atoms with E-state index in [1.54, 1.807) is 25.1 Å². The standard InChI is InChI=1S/C13H14BrClO3/c1-3-18-12(17)7-10-6-9(4-5-11(10)14)13(15)8(2)16/h4-6,13H,3,7H2,1-2H3. The summed E-state index contributed by atoms with van der Waals surface area (Å²) in [6.07, 6.45) is 0.157. The van der Waals surface area contributed by atoms with Crippen LogP contribution in [0.1, 0.15) is 30.4 Å². The number of hydrogen-bond donors (Lipinski definition) is 0. The van der Waals surface area contributed by atoms with Crippen LogP contribution in [0.4, 0.5) is 0 Å². The monoisotopic (exact) mass is 332 g/mol. The summed E-state index contributed by atoms with van der Waals surface area (Å²) >= 11 is 9.34. The van der Waals surface area contributed by atoms with Crippen molar-refractivity contribution in [3.05, 3.63) is 33.8 Å². The summed E-state index contributed by atoms with van der Waals surface area (Å²) < 4.78 is 5.69. The molecule has 1 atom stereocenters. The average molecular weight is 334 g/mol. The molecule has 0 aliphatic rings. The third kappa shape index (κ3) is 4.10. The van der Waals surface area contributed by atoms with Gasteiger partial charge in [0.1, 0.15) is 5.38 Å². The van der Waals surface area contributed by atoms with Gasteiger partial charge in [0.2, 0.25) is 0 Å². The number of carbonyl (C=O) groups excluding carboxylic acids is 2. The molecular formula is C13H14BrClO3. The van der Waals surface area contributed by atoms with Gasteiger partial charge in [-0.2, -0.15) is 0 Å². The van der Waals surface area contributed by atoms with E-state index in [4.69, 9.17) is 16.3 Å². The molecule has 18 heavy (non-hydrogen) atoms. The maximum Gasteiger partial charge on any atom is 0.310 e. The summed E-state index contributed by atoms with van der Waals surface area (Å²) in [7, 11) is 0. The largest absolute Gasteiger partial charge is 0.466 e. The number of benzene rings is 1. The quantitative estimate of drug-likeness (QED) is 0.612. The van der Waals surface area contributed by atoms with Crippen molar-refractivity contribution in [1.82, 2.24) is 0 Å². The Labute approximate surface area is 120 Å². The Hall–Kier alpha value is -0.870. The van der Waals surface area contributed by atoms with E-state index >= 15 is 0 Å². The Kier molecular flexibility index (Phi) is 5.82. The lowest BCUT2D eigenvalue weighted by Crippen LogP contribution is -2.09. The fraction of sp³-hybridized carbons (Fsp3) is 0.385. The number of rotatable bonds is 5. The molecule has 5 heteroatoms. The van der Waals surface area contributed by atoms with Gasteiger partial charge in [-0.15, -0.1) is 11.6 Å². The van der Waals surface area contributed by atoms with Gasteiger partial charge < -0.3 is 4.74 Å². The van der Waals surface area contributed by atoms with Gasteiger partial charge in [0, 0.05) is 4.47 Å². The highest BCUT2D eigenvalue weighted by molar-refractivity contribution is 9.10. The van der Waals surface area contributed by atoms with Crippen LogP contribution in [0, 0.1) is 0 Å². The van der Waals surface area contributed by atoms with Crippen molar-refractivity contribution in [3.8, 4) is 0 Å². The van der Waals surface area contributed by atoms with Crippen LogP contribution in [-0.2, 0) is 20.7 Å². The zero-order valence-corrected chi connectivity index (χ0v) is 12.5. The lowest BCUT2D eigenvalue weighted by molar-refractivity contribution is -0.142.